The summed E-state index contributed by atoms with van der Waals surface area (Å²) >= 11 is 0. The van der Waals surface area contributed by atoms with Gasteiger partial charge in [-0.25, -0.2) is 12.7 Å². The number of carbonyl (C=O) groups excluding carboxylic acids is 1. The zero-order chi connectivity index (χ0) is 20.7. The zero-order valence-corrected chi connectivity index (χ0v) is 17.3. The van der Waals surface area contributed by atoms with Crippen molar-refractivity contribution < 1.29 is 22.7 Å². The molecule has 28 heavy (non-hydrogen) atoms. The third-order valence-corrected chi connectivity index (χ3v) is 5.02. The number of amides is 1. The summed E-state index contributed by atoms with van der Waals surface area (Å²) < 4.78 is 35.3. The van der Waals surface area contributed by atoms with Gasteiger partial charge in [0.05, 0.1) is 12.4 Å². The predicted molar refractivity (Wildman–Crippen MR) is 109 cm³/mol. The van der Waals surface area contributed by atoms with Gasteiger partial charge in [-0.05, 0) is 43.7 Å². The molecule has 0 saturated heterocycles. The van der Waals surface area contributed by atoms with Gasteiger partial charge in [0.15, 0.2) is 6.61 Å². The Morgan fingerprint density at radius 3 is 2.39 bits per heavy atom. The van der Waals surface area contributed by atoms with Crippen LogP contribution in [-0.2, 0) is 21.4 Å². The van der Waals surface area contributed by atoms with E-state index in [1.807, 2.05) is 19.9 Å². The van der Waals surface area contributed by atoms with Crippen LogP contribution >= 0.6 is 0 Å². The lowest BCUT2D eigenvalue weighted by Gasteiger charge is -2.14. The van der Waals surface area contributed by atoms with Gasteiger partial charge in [-0.15, -0.1) is 0 Å². The van der Waals surface area contributed by atoms with Crippen LogP contribution in [0.3, 0.4) is 0 Å². The molecule has 0 fully saturated rings. The van der Waals surface area contributed by atoms with E-state index in [0.717, 1.165) is 11.8 Å². The molecule has 0 saturated carbocycles. The fourth-order valence-corrected chi connectivity index (χ4v) is 2.71. The first-order valence-corrected chi connectivity index (χ1v) is 10.7. The summed E-state index contributed by atoms with van der Waals surface area (Å²) in [4.78, 5) is 12.1. The second-order valence-electron chi connectivity index (χ2n) is 6.69. The van der Waals surface area contributed by atoms with Crippen LogP contribution in [0.2, 0.25) is 0 Å². The molecule has 0 bridgehead atoms. The number of nitrogens with one attached hydrogen (secondary N) is 1. The standard InChI is InChI=1S/C20H26N2O5S/c1-15(2)27-19-7-5-6-17(12-19)21-20(23)14-26-18-10-8-16(9-11-18)13-22(3)28(4,24)25/h5-12,15H,13-14H2,1-4H3,(H,21,23). The molecule has 2 aromatic carbocycles. The van der Waals surface area contributed by atoms with Gasteiger partial charge in [0.1, 0.15) is 11.5 Å². The number of hydrogen-bond donors (Lipinski definition) is 1. The Morgan fingerprint density at radius 2 is 1.79 bits per heavy atom. The molecular weight excluding hydrogens is 380 g/mol. The maximum absolute atomic E-state index is 12.1. The van der Waals surface area contributed by atoms with Crippen LogP contribution < -0.4 is 14.8 Å². The molecule has 2 aromatic rings. The van der Waals surface area contributed by atoms with Gasteiger partial charge in [0.25, 0.3) is 5.91 Å². The first-order valence-electron chi connectivity index (χ1n) is 8.83. The molecular formula is C20H26N2O5S. The monoisotopic (exact) mass is 406 g/mol. The van der Waals surface area contributed by atoms with Gasteiger partial charge in [0, 0.05) is 25.3 Å². The highest BCUT2D eigenvalue weighted by Gasteiger charge is 2.11. The van der Waals surface area contributed by atoms with Crippen LogP contribution in [0.4, 0.5) is 5.69 Å². The van der Waals surface area contributed by atoms with Crippen molar-refractivity contribution >= 4 is 21.6 Å². The van der Waals surface area contributed by atoms with E-state index in [2.05, 4.69) is 5.32 Å². The molecule has 1 amide bonds. The van der Waals surface area contributed by atoms with Crippen LogP contribution in [0.1, 0.15) is 19.4 Å². The molecule has 0 aliphatic heterocycles. The molecule has 0 spiro atoms. The average Bonchev–Trinajstić information content (AvgIpc) is 2.60. The molecule has 0 aromatic heterocycles. The molecule has 2 rings (SSSR count). The minimum Gasteiger partial charge on any atom is -0.491 e. The molecule has 1 N–H and O–H groups in total. The molecule has 0 unspecified atom stereocenters. The Bertz CT molecular complexity index is 895. The predicted octanol–water partition coefficient (Wildman–Crippen LogP) is 2.88. The molecule has 7 nitrogen and oxygen atoms in total. The number of ether oxygens (including phenoxy) is 2. The summed E-state index contributed by atoms with van der Waals surface area (Å²) in [5.41, 5.74) is 1.46. The second-order valence-corrected chi connectivity index (χ2v) is 8.78. The third-order valence-electron chi connectivity index (χ3n) is 3.75. The van der Waals surface area contributed by atoms with E-state index in [-0.39, 0.29) is 25.2 Å². The number of benzene rings is 2. The number of rotatable bonds is 9. The van der Waals surface area contributed by atoms with Gasteiger partial charge < -0.3 is 14.8 Å². The van der Waals surface area contributed by atoms with Gasteiger partial charge in [0.2, 0.25) is 10.0 Å². The van der Waals surface area contributed by atoms with Crippen LogP contribution in [-0.4, -0.2) is 44.6 Å². The van der Waals surface area contributed by atoms with Gasteiger partial charge in [-0.3, -0.25) is 4.79 Å². The maximum atomic E-state index is 12.1. The highest BCUT2D eigenvalue weighted by Crippen LogP contribution is 2.19. The highest BCUT2D eigenvalue weighted by atomic mass is 32.2. The van der Waals surface area contributed by atoms with Crippen molar-refractivity contribution in [2.45, 2.75) is 26.5 Å². The lowest BCUT2D eigenvalue weighted by molar-refractivity contribution is -0.118. The molecule has 8 heteroatoms. The Labute approximate surface area is 166 Å². The normalized spacial score (nSPS) is 11.5. The summed E-state index contributed by atoms with van der Waals surface area (Å²) in [6.45, 7) is 4.00. The van der Waals surface area contributed by atoms with E-state index in [4.69, 9.17) is 9.47 Å². The van der Waals surface area contributed by atoms with Crippen LogP contribution in [0.25, 0.3) is 0 Å². The van der Waals surface area contributed by atoms with Gasteiger partial charge in [-0.2, -0.15) is 0 Å². The molecule has 0 radical (unpaired) electrons. The number of hydrogen-bond acceptors (Lipinski definition) is 5. The van der Waals surface area contributed by atoms with E-state index in [1.54, 1.807) is 42.5 Å². The van der Waals surface area contributed by atoms with Gasteiger partial charge >= 0.3 is 0 Å². The molecule has 0 heterocycles. The van der Waals surface area contributed by atoms with E-state index >= 15 is 0 Å². The highest BCUT2D eigenvalue weighted by molar-refractivity contribution is 7.88. The zero-order valence-electron chi connectivity index (χ0n) is 16.5. The maximum Gasteiger partial charge on any atom is 0.262 e. The summed E-state index contributed by atoms with van der Waals surface area (Å²) in [6, 6.07) is 14.1. The first-order chi connectivity index (χ1) is 13.1. The number of sulfonamides is 1. The van der Waals surface area contributed by atoms with Gasteiger partial charge in [-0.1, -0.05) is 18.2 Å². The Morgan fingerprint density at radius 1 is 1.11 bits per heavy atom. The summed E-state index contributed by atoms with van der Waals surface area (Å²) in [7, 11) is -1.71. The summed E-state index contributed by atoms with van der Waals surface area (Å²) in [5.74, 6) is 0.920. The van der Waals surface area contributed by atoms with Crippen LogP contribution in [0.15, 0.2) is 48.5 Å². The fraction of sp³-hybridized carbons (Fsp3) is 0.350. The van der Waals surface area contributed by atoms with Crippen molar-refractivity contribution in [2.75, 3.05) is 25.2 Å². The van der Waals surface area contributed by atoms with Crippen molar-refractivity contribution in [1.29, 1.82) is 0 Å². The third kappa shape index (κ3) is 7.21. The lowest BCUT2D eigenvalue weighted by Crippen LogP contribution is -2.24. The Kier molecular flexibility index (Phi) is 7.42. The molecule has 0 atom stereocenters. The van der Waals surface area contributed by atoms with Crippen molar-refractivity contribution in [1.82, 2.24) is 4.31 Å². The van der Waals surface area contributed by atoms with E-state index in [9.17, 15) is 13.2 Å². The Balaban J connectivity index is 1.86. The smallest absolute Gasteiger partial charge is 0.262 e. The topological polar surface area (TPSA) is 84.9 Å². The SMILES string of the molecule is CC(C)Oc1cccc(NC(=O)COc2ccc(CN(C)S(C)(=O)=O)cc2)c1. The number of anilines is 1. The first kappa shape index (κ1) is 21.7. The summed E-state index contributed by atoms with van der Waals surface area (Å²) in [5, 5.41) is 2.76. The number of carbonyl (C=O) groups is 1. The molecule has 0 aliphatic carbocycles. The Hall–Kier alpha value is -2.58. The van der Waals surface area contributed by atoms with Crippen molar-refractivity contribution in [3.63, 3.8) is 0 Å². The fourth-order valence-electron chi connectivity index (χ4n) is 2.33. The molecule has 152 valence electrons. The number of nitrogens with zero attached hydrogens (tertiary/aromatic N) is 1. The largest absolute Gasteiger partial charge is 0.491 e. The molecule has 0 aliphatic rings. The van der Waals surface area contributed by atoms with E-state index in [0.29, 0.717) is 17.2 Å². The van der Waals surface area contributed by atoms with E-state index < -0.39 is 10.0 Å². The van der Waals surface area contributed by atoms with E-state index in [1.165, 1.54) is 11.4 Å². The average molecular weight is 407 g/mol. The second kappa shape index (κ2) is 9.57. The lowest BCUT2D eigenvalue weighted by atomic mass is 10.2. The quantitative estimate of drug-likeness (QED) is 0.692. The summed E-state index contributed by atoms with van der Waals surface area (Å²) in [6.07, 6.45) is 1.21. The minimum absolute atomic E-state index is 0.0504. The van der Waals surface area contributed by atoms with Crippen LogP contribution in [0.5, 0.6) is 11.5 Å². The van der Waals surface area contributed by atoms with Crippen molar-refractivity contribution in [3.8, 4) is 11.5 Å². The van der Waals surface area contributed by atoms with Crippen molar-refractivity contribution in [2.24, 2.45) is 0 Å². The van der Waals surface area contributed by atoms with Crippen molar-refractivity contribution in [3.05, 3.63) is 54.1 Å². The minimum atomic E-state index is -3.23. The van der Waals surface area contributed by atoms with Crippen LogP contribution in [0, 0.1) is 0 Å².